The summed E-state index contributed by atoms with van der Waals surface area (Å²) in [5.74, 6) is 7.76. The number of pyridine rings is 1. The van der Waals surface area contributed by atoms with E-state index in [-0.39, 0.29) is 6.79 Å². The number of nitrogen functional groups attached to an aromatic ring is 1. The van der Waals surface area contributed by atoms with Gasteiger partial charge in [-0.05, 0) is 75.0 Å². The Balaban J connectivity index is 1.19. The molecule has 3 saturated heterocycles. The molecule has 1 aromatic carbocycles. The fourth-order valence-corrected chi connectivity index (χ4v) is 6.05. The zero-order chi connectivity index (χ0) is 26.6. The molecule has 2 bridgehead atoms. The van der Waals surface area contributed by atoms with Gasteiger partial charge < -0.3 is 25.0 Å². The first-order valence-electron chi connectivity index (χ1n) is 13.7. The molecule has 0 radical (unpaired) electrons. The lowest BCUT2D eigenvalue weighted by Crippen LogP contribution is -2.54. The fourth-order valence-electron chi connectivity index (χ4n) is 6.05. The van der Waals surface area contributed by atoms with Crippen molar-refractivity contribution in [2.75, 3.05) is 62.2 Å². The van der Waals surface area contributed by atoms with Crippen LogP contribution in [0.4, 0.5) is 17.2 Å². The van der Waals surface area contributed by atoms with Gasteiger partial charge in [0.2, 0.25) is 0 Å². The topological polar surface area (TPSA) is 92.9 Å². The highest BCUT2D eigenvalue weighted by molar-refractivity contribution is 5.74. The number of nitrogens with zero attached hydrogens (tertiary/aromatic N) is 6. The van der Waals surface area contributed by atoms with Crippen LogP contribution in [0.15, 0.2) is 48.7 Å². The van der Waals surface area contributed by atoms with Gasteiger partial charge in [0.25, 0.3) is 0 Å². The van der Waals surface area contributed by atoms with Crippen molar-refractivity contribution in [1.82, 2.24) is 20.1 Å². The van der Waals surface area contributed by atoms with E-state index in [1.165, 1.54) is 18.5 Å². The molecule has 9 heteroatoms. The number of ether oxygens (including phenoxy) is 2. The molecule has 5 heterocycles. The number of nitrogens with two attached hydrogens (primary N) is 1. The van der Waals surface area contributed by atoms with Gasteiger partial charge in [-0.2, -0.15) is 0 Å². The molecule has 3 fully saturated rings. The number of anilines is 3. The SMILES string of the molecule is COCOc1ccccc1-c1cc(N2CC3CCC(C2)N3c2ccnc(C#CCN3CCCC3)c2)c(N)nn1. The van der Waals surface area contributed by atoms with Crippen molar-refractivity contribution >= 4 is 17.2 Å². The van der Waals surface area contributed by atoms with Crippen molar-refractivity contribution in [3.05, 3.63) is 54.4 Å². The molecule has 202 valence electrons. The summed E-state index contributed by atoms with van der Waals surface area (Å²) in [6.45, 7) is 5.03. The number of para-hydroxylation sites is 1. The number of benzene rings is 1. The average molecular weight is 526 g/mol. The third-order valence-corrected chi connectivity index (χ3v) is 7.88. The molecular weight excluding hydrogens is 490 g/mol. The van der Waals surface area contributed by atoms with Crippen LogP contribution in [0.3, 0.4) is 0 Å². The lowest BCUT2D eigenvalue weighted by molar-refractivity contribution is 0.0515. The molecule has 39 heavy (non-hydrogen) atoms. The number of methoxy groups -OCH3 is 1. The molecule has 3 aliphatic heterocycles. The van der Waals surface area contributed by atoms with E-state index in [2.05, 4.69) is 53.9 Å². The van der Waals surface area contributed by atoms with Crippen LogP contribution in [-0.2, 0) is 4.74 Å². The van der Waals surface area contributed by atoms with Crippen molar-refractivity contribution < 1.29 is 9.47 Å². The highest BCUT2D eigenvalue weighted by Crippen LogP contribution is 2.39. The van der Waals surface area contributed by atoms with Gasteiger partial charge in [0.05, 0.1) is 17.9 Å². The second-order valence-electron chi connectivity index (χ2n) is 10.4. The lowest BCUT2D eigenvalue weighted by atomic mass is 10.1. The predicted octanol–water partition coefficient (Wildman–Crippen LogP) is 3.41. The molecule has 2 aromatic heterocycles. The molecule has 0 amide bonds. The minimum Gasteiger partial charge on any atom is -0.467 e. The molecular formula is C30H35N7O2. The fraction of sp³-hybridized carbons (Fsp3) is 0.433. The highest BCUT2D eigenvalue weighted by Gasteiger charge is 2.40. The zero-order valence-corrected chi connectivity index (χ0v) is 22.4. The van der Waals surface area contributed by atoms with Crippen molar-refractivity contribution in [1.29, 1.82) is 0 Å². The van der Waals surface area contributed by atoms with E-state index in [4.69, 9.17) is 15.2 Å². The Bertz CT molecular complexity index is 1350. The number of likely N-dealkylation sites (tertiary alicyclic amines) is 1. The second kappa shape index (κ2) is 11.5. The smallest absolute Gasteiger partial charge is 0.188 e. The van der Waals surface area contributed by atoms with Gasteiger partial charge in [-0.1, -0.05) is 18.1 Å². The standard InChI is InChI=1S/C30H35N7O2/c1-38-21-39-29-9-3-2-8-26(29)27-18-28(30(31)34-33-27)36-19-24-10-11-25(20-36)37(24)23-12-13-32-22(17-23)7-6-16-35-14-4-5-15-35/h2-3,8-9,12-13,17-18,24-25H,4-5,10-11,14-16,19-21H2,1H3,(H2,31,34). The predicted molar refractivity (Wildman–Crippen MR) is 153 cm³/mol. The number of hydrogen-bond donors (Lipinski definition) is 1. The molecule has 2 atom stereocenters. The minimum atomic E-state index is 0.165. The van der Waals surface area contributed by atoms with Crippen molar-refractivity contribution in [2.45, 2.75) is 37.8 Å². The largest absolute Gasteiger partial charge is 0.467 e. The second-order valence-corrected chi connectivity index (χ2v) is 10.4. The third-order valence-electron chi connectivity index (χ3n) is 7.88. The molecule has 9 nitrogen and oxygen atoms in total. The summed E-state index contributed by atoms with van der Waals surface area (Å²) >= 11 is 0. The van der Waals surface area contributed by atoms with Gasteiger partial charge in [0, 0.05) is 49.7 Å². The summed E-state index contributed by atoms with van der Waals surface area (Å²) < 4.78 is 10.9. The maximum atomic E-state index is 6.38. The zero-order valence-electron chi connectivity index (χ0n) is 22.4. The van der Waals surface area contributed by atoms with Crippen LogP contribution >= 0.6 is 0 Å². The number of piperazine rings is 1. The number of fused-ring (bicyclic) bond motifs is 2. The van der Waals surface area contributed by atoms with Crippen LogP contribution in [-0.4, -0.2) is 78.8 Å². The molecule has 2 N–H and O–H groups in total. The first-order chi connectivity index (χ1) is 19.2. The van der Waals surface area contributed by atoms with E-state index < -0.39 is 0 Å². The summed E-state index contributed by atoms with van der Waals surface area (Å²) in [6, 6.07) is 14.8. The van der Waals surface area contributed by atoms with Gasteiger partial charge in [0.1, 0.15) is 11.4 Å². The summed E-state index contributed by atoms with van der Waals surface area (Å²) in [7, 11) is 1.60. The van der Waals surface area contributed by atoms with Gasteiger partial charge >= 0.3 is 0 Å². The first-order valence-corrected chi connectivity index (χ1v) is 13.7. The molecule has 0 spiro atoms. The maximum Gasteiger partial charge on any atom is 0.188 e. The molecule has 6 rings (SSSR count). The number of hydrogen-bond acceptors (Lipinski definition) is 9. The van der Waals surface area contributed by atoms with Crippen LogP contribution in [0.5, 0.6) is 5.75 Å². The minimum absolute atomic E-state index is 0.165. The Labute approximate surface area is 229 Å². The van der Waals surface area contributed by atoms with Crippen LogP contribution in [0.2, 0.25) is 0 Å². The van der Waals surface area contributed by atoms with Crippen LogP contribution in [0, 0.1) is 11.8 Å². The summed E-state index contributed by atoms with van der Waals surface area (Å²) in [6.07, 6.45) is 6.73. The van der Waals surface area contributed by atoms with Crippen molar-refractivity contribution in [2.24, 2.45) is 0 Å². The normalized spacial score (nSPS) is 20.6. The van der Waals surface area contributed by atoms with E-state index in [0.29, 0.717) is 23.7 Å². The number of aromatic nitrogens is 3. The van der Waals surface area contributed by atoms with Crippen LogP contribution in [0.1, 0.15) is 31.4 Å². The van der Waals surface area contributed by atoms with Gasteiger partial charge in [-0.25, -0.2) is 4.98 Å². The lowest BCUT2D eigenvalue weighted by Gasteiger charge is -2.43. The first kappa shape index (κ1) is 25.4. The van der Waals surface area contributed by atoms with Gasteiger partial charge in [-0.3, -0.25) is 4.90 Å². The van der Waals surface area contributed by atoms with Crippen LogP contribution < -0.4 is 20.3 Å². The monoisotopic (exact) mass is 525 g/mol. The van der Waals surface area contributed by atoms with Crippen molar-refractivity contribution in [3.63, 3.8) is 0 Å². The Hall–Kier alpha value is -3.87. The summed E-state index contributed by atoms with van der Waals surface area (Å²) in [5.41, 5.74) is 10.9. The van der Waals surface area contributed by atoms with E-state index in [9.17, 15) is 0 Å². The Morgan fingerprint density at radius 1 is 1.03 bits per heavy atom. The van der Waals surface area contributed by atoms with Crippen LogP contribution in [0.25, 0.3) is 11.3 Å². The third kappa shape index (κ3) is 5.49. The van der Waals surface area contributed by atoms with Gasteiger partial charge in [-0.15, -0.1) is 10.2 Å². The quantitative estimate of drug-likeness (QED) is 0.368. The van der Waals surface area contributed by atoms with E-state index in [1.807, 2.05) is 36.5 Å². The molecule has 2 unspecified atom stereocenters. The van der Waals surface area contributed by atoms with Crippen molar-refractivity contribution in [3.8, 4) is 28.8 Å². The summed E-state index contributed by atoms with van der Waals surface area (Å²) in [5, 5.41) is 8.72. The Morgan fingerprint density at radius 3 is 2.62 bits per heavy atom. The number of rotatable bonds is 7. The Kier molecular flexibility index (Phi) is 7.48. The molecule has 0 aliphatic carbocycles. The Morgan fingerprint density at radius 2 is 1.82 bits per heavy atom. The molecule has 3 aliphatic rings. The van der Waals surface area contributed by atoms with E-state index in [1.54, 1.807) is 7.11 Å². The maximum absolute atomic E-state index is 6.38. The average Bonchev–Trinajstić information content (AvgIpc) is 3.58. The molecule has 3 aromatic rings. The highest BCUT2D eigenvalue weighted by atomic mass is 16.7. The van der Waals surface area contributed by atoms with Gasteiger partial charge in [0.15, 0.2) is 12.6 Å². The van der Waals surface area contributed by atoms with E-state index in [0.717, 1.165) is 68.2 Å². The van der Waals surface area contributed by atoms with E-state index >= 15 is 0 Å². The molecule has 0 saturated carbocycles. The summed E-state index contributed by atoms with van der Waals surface area (Å²) in [4.78, 5) is 11.9.